The third-order valence-corrected chi connectivity index (χ3v) is 6.45. The molecule has 10 nitrogen and oxygen atoms in total. The van der Waals surface area contributed by atoms with Gasteiger partial charge in [-0.25, -0.2) is 9.37 Å². The summed E-state index contributed by atoms with van der Waals surface area (Å²) >= 11 is 9.64. The molecule has 176 valence electrons. The Morgan fingerprint density at radius 3 is 2.74 bits per heavy atom. The highest BCUT2D eigenvalue weighted by Crippen LogP contribution is 2.34. The molecule has 2 N–H and O–H groups in total. The molecule has 0 aliphatic carbocycles. The van der Waals surface area contributed by atoms with Crippen molar-refractivity contribution in [3.05, 3.63) is 57.0 Å². The van der Waals surface area contributed by atoms with Gasteiger partial charge >= 0.3 is 12.0 Å². The maximum atomic E-state index is 13.0. The van der Waals surface area contributed by atoms with Crippen LogP contribution >= 0.6 is 27.5 Å². The number of aromatic hydroxyl groups is 1. The molecule has 0 spiro atoms. The zero-order chi connectivity index (χ0) is 24.6. The number of ether oxygens (including phenoxy) is 1. The van der Waals surface area contributed by atoms with Crippen molar-refractivity contribution in [2.75, 3.05) is 21.2 Å². The molecule has 0 saturated carbocycles. The fourth-order valence-electron chi connectivity index (χ4n) is 3.65. The van der Waals surface area contributed by atoms with Gasteiger partial charge in [0.25, 0.3) is 5.91 Å². The van der Waals surface area contributed by atoms with Crippen molar-refractivity contribution < 1.29 is 24.0 Å². The molecule has 2 aliphatic heterocycles. The summed E-state index contributed by atoms with van der Waals surface area (Å²) in [4.78, 5) is 32.4. The van der Waals surface area contributed by atoms with Crippen LogP contribution in [0.1, 0.15) is 11.1 Å². The molecule has 1 saturated heterocycles. The number of imide groups is 1. The number of nitrogens with one attached hydrogen (secondary N) is 1. The number of hydrazone groups is 1. The highest BCUT2D eigenvalue weighted by atomic mass is 79.9. The highest BCUT2D eigenvalue weighted by molar-refractivity contribution is 9.10. The Balaban J connectivity index is 1.70. The van der Waals surface area contributed by atoms with Crippen molar-refractivity contribution in [1.29, 1.82) is 0 Å². The molecule has 0 bridgehead atoms. The van der Waals surface area contributed by atoms with Crippen molar-refractivity contribution in [2.45, 2.75) is 12.6 Å². The first-order chi connectivity index (χ1) is 16.2. The number of phenols is 1. The number of nitrogens with zero attached hydrogens (tertiary/aromatic N) is 5. The zero-order valence-electron chi connectivity index (χ0n) is 18.5. The van der Waals surface area contributed by atoms with Crippen LogP contribution < -0.4 is 10.2 Å². The van der Waals surface area contributed by atoms with Gasteiger partial charge in [0.15, 0.2) is 11.5 Å². The van der Waals surface area contributed by atoms with E-state index >= 15 is 0 Å². The number of hydrogen-bond acceptors (Lipinski definition) is 7. The third-order valence-electron chi connectivity index (χ3n) is 5.48. The number of rotatable bonds is 5. The quantitative estimate of drug-likeness (QED) is 0.339. The summed E-state index contributed by atoms with van der Waals surface area (Å²) < 4.78 is 7.32. The summed E-state index contributed by atoms with van der Waals surface area (Å²) in [5.41, 5.74) is 4.29. The molecule has 12 heteroatoms. The summed E-state index contributed by atoms with van der Waals surface area (Å²) in [6, 6.07) is 9.29. The molecular weight excluding hydrogens is 528 g/mol. The molecule has 0 radical (unpaired) electrons. The van der Waals surface area contributed by atoms with Gasteiger partial charge in [0.2, 0.25) is 11.9 Å². The first-order valence-electron chi connectivity index (χ1n) is 10.1. The number of amidine groups is 1. The van der Waals surface area contributed by atoms with Crippen LogP contribution in [0.25, 0.3) is 0 Å². The Morgan fingerprint density at radius 2 is 2.03 bits per heavy atom. The van der Waals surface area contributed by atoms with E-state index in [1.165, 1.54) is 25.3 Å². The van der Waals surface area contributed by atoms with E-state index in [1.807, 2.05) is 18.2 Å². The van der Waals surface area contributed by atoms with Crippen molar-refractivity contribution >= 4 is 57.5 Å². The number of amides is 3. The normalized spacial score (nSPS) is 18.0. The Hall–Kier alpha value is -3.44. The number of carbonyl (C=O) groups is 2. The van der Waals surface area contributed by atoms with Crippen LogP contribution in [0.3, 0.4) is 0 Å². The van der Waals surface area contributed by atoms with E-state index in [1.54, 1.807) is 29.8 Å². The number of guanidine groups is 1. The lowest BCUT2D eigenvalue weighted by atomic mass is 10.1. The number of halogens is 2. The van der Waals surface area contributed by atoms with Gasteiger partial charge in [0.1, 0.15) is 0 Å². The number of hydrogen-bond donors (Lipinski definition) is 2. The number of urea groups is 1. The number of carbonyl (C=O) groups excluding carboxylic acids is 2. The van der Waals surface area contributed by atoms with Gasteiger partial charge in [-0.1, -0.05) is 34.8 Å². The second kappa shape index (κ2) is 9.43. The fourth-order valence-corrected chi connectivity index (χ4v) is 4.31. The molecular formula is C22H21BrClN6O4+. The van der Waals surface area contributed by atoms with Crippen molar-refractivity contribution in [3.63, 3.8) is 0 Å². The molecule has 4 rings (SSSR count). The number of fused-ring (bicyclic) bond motifs is 1. The largest absolute Gasteiger partial charge is 0.503 e. The molecule has 3 amide bonds. The summed E-state index contributed by atoms with van der Waals surface area (Å²) in [5, 5.41) is 14.8. The second-order valence-corrected chi connectivity index (χ2v) is 8.84. The minimum atomic E-state index is -0.815. The molecule has 1 fully saturated rings. The number of likely N-dealkylation sites (N-methyl/N-ethyl adjacent to an activating group) is 2. The molecule has 34 heavy (non-hydrogen) atoms. The Bertz CT molecular complexity index is 1280. The van der Waals surface area contributed by atoms with Gasteiger partial charge in [-0.05, 0) is 34.1 Å². The monoisotopic (exact) mass is 547 g/mol. The Kier molecular flexibility index (Phi) is 6.58. The van der Waals surface area contributed by atoms with Crippen molar-refractivity contribution in [1.82, 2.24) is 15.2 Å². The summed E-state index contributed by atoms with van der Waals surface area (Å²) in [5.74, 6) is 0.442. The third kappa shape index (κ3) is 4.24. The molecule has 2 aliphatic rings. The van der Waals surface area contributed by atoms with Crippen molar-refractivity contribution in [2.24, 2.45) is 10.1 Å². The van der Waals surface area contributed by atoms with Gasteiger partial charge in [-0.15, -0.1) is 5.10 Å². The maximum absolute atomic E-state index is 13.0. The van der Waals surface area contributed by atoms with Crippen LogP contribution in [0.5, 0.6) is 11.5 Å². The standard InChI is InChI=1S/C22H20BrClN6O4/c1-28-19-17(20(32)29(2)22(28)33)30(11-13-6-4-5-7-15(13)24)21(26-19)27-25-10-12-8-14(23)18(31)16(9-12)34-3/h4-10,17H,11H2,1-3H3,(H,25,31)/p+1. The van der Waals surface area contributed by atoms with Gasteiger partial charge in [-0.3, -0.25) is 14.6 Å². The lowest BCUT2D eigenvalue weighted by Gasteiger charge is -2.31. The first kappa shape index (κ1) is 23.7. The van der Waals surface area contributed by atoms with Crippen molar-refractivity contribution in [3.8, 4) is 11.5 Å². The van der Waals surface area contributed by atoms with Crippen LogP contribution in [-0.4, -0.2) is 76.7 Å². The number of aliphatic imine (C=N–C) groups is 1. The minimum Gasteiger partial charge on any atom is -0.503 e. The van der Waals surface area contributed by atoms with E-state index in [2.05, 4.69) is 31.4 Å². The molecule has 2 aromatic rings. The molecule has 0 aromatic heterocycles. The fraction of sp³-hybridized carbons (Fsp3) is 0.227. The smallest absolute Gasteiger partial charge is 0.414 e. The van der Waals surface area contributed by atoms with Gasteiger partial charge < -0.3 is 9.84 Å². The van der Waals surface area contributed by atoms with Gasteiger partial charge in [0, 0.05) is 30.2 Å². The lowest BCUT2D eigenvalue weighted by molar-refractivity contribution is -0.553. The van der Waals surface area contributed by atoms with Gasteiger partial charge in [-0.2, -0.15) is 5.43 Å². The summed E-state index contributed by atoms with van der Waals surface area (Å²) in [7, 11) is 4.45. The van der Waals surface area contributed by atoms with E-state index in [4.69, 9.17) is 16.3 Å². The van der Waals surface area contributed by atoms with Crippen LogP contribution in [0.2, 0.25) is 5.02 Å². The van der Waals surface area contributed by atoms with E-state index in [0.29, 0.717) is 20.9 Å². The van der Waals surface area contributed by atoms with E-state index in [0.717, 1.165) is 10.5 Å². The summed E-state index contributed by atoms with van der Waals surface area (Å²) in [6.45, 7) is 0.259. The average Bonchev–Trinajstić information content (AvgIpc) is 3.18. The number of methoxy groups -OCH3 is 1. The van der Waals surface area contributed by atoms with Crippen LogP contribution in [0.4, 0.5) is 4.79 Å². The SMILES string of the molecule is COc1cc(/C=N/NC2=[N+](Cc3ccccc3Cl)C3C(=O)N(C)C(=O)N(C)C3=N2)cc(Br)c1O. The minimum absolute atomic E-state index is 0.0190. The predicted octanol–water partition coefficient (Wildman–Crippen LogP) is 2.61. The molecule has 2 aromatic carbocycles. The van der Waals surface area contributed by atoms with Crippen LogP contribution in [0.15, 0.2) is 51.0 Å². The predicted molar refractivity (Wildman–Crippen MR) is 131 cm³/mol. The van der Waals surface area contributed by atoms with E-state index in [-0.39, 0.29) is 24.0 Å². The van der Waals surface area contributed by atoms with E-state index in [9.17, 15) is 14.7 Å². The van der Waals surface area contributed by atoms with Crippen LogP contribution in [-0.2, 0) is 11.3 Å². The zero-order valence-corrected chi connectivity index (χ0v) is 20.8. The second-order valence-electron chi connectivity index (χ2n) is 7.58. The number of phenolic OH excluding ortho intramolecular Hbond substituents is 1. The average molecular weight is 549 g/mol. The summed E-state index contributed by atoms with van der Waals surface area (Å²) in [6.07, 6.45) is 1.51. The first-order valence-corrected chi connectivity index (χ1v) is 11.3. The molecule has 2 heterocycles. The van der Waals surface area contributed by atoms with Gasteiger partial charge in [0.05, 0.1) is 24.3 Å². The Labute approximate surface area is 208 Å². The molecule has 1 atom stereocenters. The highest BCUT2D eigenvalue weighted by Gasteiger charge is 2.51. The maximum Gasteiger partial charge on any atom is 0.414 e. The molecule has 1 unspecified atom stereocenters. The topological polar surface area (TPSA) is 110 Å². The van der Waals surface area contributed by atoms with E-state index < -0.39 is 18.0 Å². The van der Waals surface area contributed by atoms with Crippen LogP contribution in [0, 0.1) is 0 Å². The lowest BCUT2D eigenvalue weighted by Crippen LogP contribution is -2.61. The Morgan fingerprint density at radius 1 is 1.29 bits per heavy atom. The number of benzene rings is 2.